The van der Waals surface area contributed by atoms with Crippen LogP contribution in [-0.2, 0) is 6.54 Å². The molecule has 0 aliphatic carbocycles. The van der Waals surface area contributed by atoms with Crippen molar-refractivity contribution in [3.05, 3.63) is 57.8 Å². The monoisotopic (exact) mass is 306 g/mol. The van der Waals surface area contributed by atoms with E-state index in [1.807, 2.05) is 14.1 Å². The largest absolute Gasteiger partial charge is 0.389 e. The van der Waals surface area contributed by atoms with Crippen molar-refractivity contribution in [1.82, 2.24) is 9.78 Å². The third kappa shape index (κ3) is 3.43. The van der Waals surface area contributed by atoms with Gasteiger partial charge in [-0.15, -0.1) is 0 Å². The van der Waals surface area contributed by atoms with E-state index in [9.17, 15) is 9.18 Å². The van der Waals surface area contributed by atoms with Crippen molar-refractivity contribution in [2.24, 2.45) is 5.73 Å². The van der Waals surface area contributed by atoms with Gasteiger partial charge in [0, 0.05) is 31.3 Å². The SMILES string of the molecule is CN(C)c1cnn(Cc2ccc(C(N)=S)cc2F)c(=O)c1. The van der Waals surface area contributed by atoms with Gasteiger partial charge >= 0.3 is 0 Å². The van der Waals surface area contributed by atoms with Crippen molar-refractivity contribution in [2.45, 2.75) is 6.54 Å². The Kier molecular flexibility index (Phi) is 4.32. The van der Waals surface area contributed by atoms with Crippen molar-refractivity contribution in [3.8, 4) is 0 Å². The molecule has 1 aromatic carbocycles. The molecule has 1 heterocycles. The number of anilines is 1. The minimum absolute atomic E-state index is 0.0516. The summed E-state index contributed by atoms with van der Waals surface area (Å²) in [5, 5.41) is 4.04. The van der Waals surface area contributed by atoms with Crippen LogP contribution in [0.15, 0.2) is 35.3 Å². The molecule has 2 rings (SSSR count). The average molecular weight is 306 g/mol. The van der Waals surface area contributed by atoms with Crippen LogP contribution in [-0.4, -0.2) is 28.9 Å². The molecular formula is C14H15FN4OS. The molecule has 0 unspecified atom stereocenters. The summed E-state index contributed by atoms with van der Waals surface area (Å²) in [6.07, 6.45) is 1.56. The Morgan fingerprint density at radius 2 is 2.14 bits per heavy atom. The lowest BCUT2D eigenvalue weighted by Gasteiger charge is -2.12. The molecule has 0 saturated heterocycles. The van der Waals surface area contributed by atoms with Crippen molar-refractivity contribution in [3.63, 3.8) is 0 Å². The lowest BCUT2D eigenvalue weighted by molar-refractivity contribution is 0.572. The van der Waals surface area contributed by atoms with Crippen LogP contribution in [0.5, 0.6) is 0 Å². The highest BCUT2D eigenvalue weighted by Gasteiger charge is 2.08. The smallest absolute Gasteiger partial charge is 0.269 e. The fourth-order valence-electron chi connectivity index (χ4n) is 1.78. The molecule has 0 fully saturated rings. The number of nitrogens with zero attached hydrogens (tertiary/aromatic N) is 3. The van der Waals surface area contributed by atoms with E-state index in [0.717, 1.165) is 0 Å². The molecule has 0 aliphatic heterocycles. The van der Waals surface area contributed by atoms with Crippen molar-refractivity contribution in [2.75, 3.05) is 19.0 Å². The zero-order valence-corrected chi connectivity index (χ0v) is 12.5. The molecule has 21 heavy (non-hydrogen) atoms. The number of halogens is 1. The van der Waals surface area contributed by atoms with Gasteiger partial charge in [0.25, 0.3) is 5.56 Å². The number of aromatic nitrogens is 2. The number of nitrogens with two attached hydrogens (primary N) is 1. The number of benzene rings is 1. The first-order chi connectivity index (χ1) is 9.88. The van der Waals surface area contributed by atoms with E-state index >= 15 is 0 Å². The summed E-state index contributed by atoms with van der Waals surface area (Å²) in [7, 11) is 3.63. The fourth-order valence-corrected chi connectivity index (χ4v) is 1.90. The zero-order valence-electron chi connectivity index (χ0n) is 11.7. The van der Waals surface area contributed by atoms with Gasteiger partial charge in [0.15, 0.2) is 0 Å². The summed E-state index contributed by atoms with van der Waals surface area (Å²) in [5.74, 6) is -0.467. The molecule has 0 bridgehead atoms. The molecule has 110 valence electrons. The molecule has 2 aromatic rings. The Hall–Kier alpha value is -2.28. The standard InChI is InChI=1S/C14H15FN4OS/c1-18(2)11-6-13(20)19(17-7-11)8-10-4-3-9(14(16)21)5-12(10)15/h3-7H,8H2,1-2H3,(H2,16,21). The van der Waals surface area contributed by atoms with Gasteiger partial charge in [0.2, 0.25) is 0 Å². The Morgan fingerprint density at radius 3 is 2.67 bits per heavy atom. The van der Waals surface area contributed by atoms with Gasteiger partial charge in [0.1, 0.15) is 10.8 Å². The molecule has 0 amide bonds. The molecule has 0 atom stereocenters. The molecular weight excluding hydrogens is 291 g/mol. The molecule has 1 aromatic heterocycles. The molecule has 0 saturated carbocycles. The van der Waals surface area contributed by atoms with Crippen molar-refractivity contribution < 1.29 is 4.39 Å². The minimum Gasteiger partial charge on any atom is -0.389 e. The zero-order chi connectivity index (χ0) is 15.6. The van der Waals surface area contributed by atoms with E-state index in [2.05, 4.69) is 5.10 Å². The van der Waals surface area contributed by atoms with E-state index in [0.29, 0.717) is 16.8 Å². The second-order valence-electron chi connectivity index (χ2n) is 4.77. The van der Waals surface area contributed by atoms with Crippen molar-refractivity contribution in [1.29, 1.82) is 0 Å². The van der Waals surface area contributed by atoms with E-state index in [1.165, 1.54) is 16.8 Å². The fraction of sp³-hybridized carbons (Fsp3) is 0.214. The summed E-state index contributed by atoms with van der Waals surface area (Å²) < 4.78 is 15.2. The van der Waals surface area contributed by atoms with Gasteiger partial charge in [-0.05, 0) is 6.07 Å². The maximum absolute atomic E-state index is 14.0. The summed E-state index contributed by atoms with van der Waals surface area (Å²) in [5.41, 5.74) is 6.65. The van der Waals surface area contributed by atoms with Gasteiger partial charge in [-0.1, -0.05) is 24.4 Å². The van der Waals surface area contributed by atoms with Gasteiger partial charge in [-0.25, -0.2) is 9.07 Å². The Labute approximate surface area is 126 Å². The van der Waals surface area contributed by atoms with Crippen LogP contribution >= 0.6 is 12.2 Å². The second-order valence-corrected chi connectivity index (χ2v) is 5.21. The van der Waals surface area contributed by atoms with Crippen LogP contribution in [0.3, 0.4) is 0 Å². The van der Waals surface area contributed by atoms with Crippen LogP contribution in [0.1, 0.15) is 11.1 Å². The highest BCUT2D eigenvalue weighted by atomic mass is 32.1. The number of hydrogen-bond acceptors (Lipinski definition) is 4. The van der Waals surface area contributed by atoms with Crippen LogP contribution < -0.4 is 16.2 Å². The maximum Gasteiger partial charge on any atom is 0.269 e. The Morgan fingerprint density at radius 1 is 1.43 bits per heavy atom. The van der Waals surface area contributed by atoms with Gasteiger partial charge in [-0.3, -0.25) is 4.79 Å². The highest BCUT2D eigenvalue weighted by molar-refractivity contribution is 7.80. The number of thiocarbonyl (C=S) groups is 1. The molecule has 5 nitrogen and oxygen atoms in total. The summed E-state index contributed by atoms with van der Waals surface area (Å²) in [6, 6.07) is 5.89. The topological polar surface area (TPSA) is 64.2 Å². The van der Waals surface area contributed by atoms with Gasteiger partial charge < -0.3 is 10.6 Å². The number of rotatable bonds is 4. The lowest BCUT2D eigenvalue weighted by atomic mass is 10.1. The minimum atomic E-state index is -0.467. The van der Waals surface area contributed by atoms with E-state index in [-0.39, 0.29) is 17.1 Å². The summed E-state index contributed by atoms with van der Waals surface area (Å²) in [4.78, 5) is 13.9. The molecule has 0 radical (unpaired) electrons. The van der Waals surface area contributed by atoms with Crippen LogP contribution in [0.2, 0.25) is 0 Å². The summed E-state index contributed by atoms with van der Waals surface area (Å²) >= 11 is 4.79. The van der Waals surface area contributed by atoms with Gasteiger partial charge in [-0.2, -0.15) is 5.10 Å². The van der Waals surface area contributed by atoms with Gasteiger partial charge in [0.05, 0.1) is 18.4 Å². The first kappa shape index (κ1) is 15.1. The normalized spacial score (nSPS) is 10.4. The van der Waals surface area contributed by atoms with Crippen LogP contribution in [0.25, 0.3) is 0 Å². The van der Waals surface area contributed by atoms with E-state index in [1.54, 1.807) is 23.2 Å². The lowest BCUT2D eigenvalue weighted by Crippen LogP contribution is -2.25. The second kappa shape index (κ2) is 6.01. The molecule has 7 heteroatoms. The third-order valence-corrected chi connectivity index (χ3v) is 3.26. The van der Waals surface area contributed by atoms with Crippen LogP contribution in [0.4, 0.5) is 10.1 Å². The Bertz CT molecular complexity index is 742. The molecule has 0 spiro atoms. The summed E-state index contributed by atoms with van der Waals surface area (Å²) in [6.45, 7) is 0.0516. The number of hydrogen-bond donors (Lipinski definition) is 1. The van der Waals surface area contributed by atoms with E-state index < -0.39 is 5.82 Å². The van der Waals surface area contributed by atoms with E-state index in [4.69, 9.17) is 18.0 Å². The van der Waals surface area contributed by atoms with Crippen LogP contribution in [0, 0.1) is 5.82 Å². The first-order valence-electron chi connectivity index (χ1n) is 6.21. The molecule has 0 aliphatic rings. The quantitative estimate of drug-likeness (QED) is 0.858. The first-order valence-corrected chi connectivity index (χ1v) is 6.62. The Balaban J connectivity index is 2.30. The third-order valence-electron chi connectivity index (χ3n) is 3.03. The molecule has 2 N–H and O–H groups in total. The predicted octanol–water partition coefficient (Wildman–Crippen LogP) is 1.13. The average Bonchev–Trinajstić information content (AvgIpc) is 2.42. The maximum atomic E-state index is 14.0. The highest BCUT2D eigenvalue weighted by Crippen LogP contribution is 2.12. The predicted molar refractivity (Wildman–Crippen MR) is 84.2 cm³/mol. The van der Waals surface area contributed by atoms with Crippen molar-refractivity contribution >= 4 is 22.9 Å².